The largest absolute Gasteiger partial charge is 0.388 e. The summed E-state index contributed by atoms with van der Waals surface area (Å²) in [5.41, 5.74) is 1.18. The molecule has 0 spiro atoms. The summed E-state index contributed by atoms with van der Waals surface area (Å²) in [6.45, 7) is 2.28. The van der Waals surface area contributed by atoms with Crippen molar-refractivity contribution in [2.75, 3.05) is 0 Å². The minimum absolute atomic E-state index is 0.223. The lowest BCUT2D eigenvalue weighted by Crippen LogP contribution is -2.06. The predicted molar refractivity (Wildman–Crippen MR) is 56.5 cm³/mol. The Bertz CT molecular complexity index is 360. The maximum absolute atomic E-state index is 9.81. The summed E-state index contributed by atoms with van der Waals surface area (Å²) in [6.07, 6.45) is 4.16. The maximum Gasteiger partial charge on any atom is 0.0965 e. The molecule has 1 fully saturated rings. The molecule has 0 radical (unpaired) electrons. The summed E-state index contributed by atoms with van der Waals surface area (Å²) in [6, 6.07) is 0. The molecule has 1 aromatic rings. The van der Waals surface area contributed by atoms with Crippen molar-refractivity contribution in [1.29, 1.82) is 0 Å². The van der Waals surface area contributed by atoms with Gasteiger partial charge in [0, 0.05) is 5.92 Å². The zero-order chi connectivity index (χ0) is 9.71. The summed E-state index contributed by atoms with van der Waals surface area (Å²) in [5, 5.41) is 11.1. The van der Waals surface area contributed by atoms with Crippen LogP contribution in [0.1, 0.15) is 53.8 Å². The SMILES string of the molecule is CC1CC1c1nc2c(s1)C(O)CCC2. The van der Waals surface area contributed by atoms with Crippen LogP contribution in [-0.2, 0) is 6.42 Å². The number of nitrogens with zero attached hydrogens (tertiary/aromatic N) is 1. The van der Waals surface area contributed by atoms with E-state index in [0.717, 1.165) is 30.1 Å². The van der Waals surface area contributed by atoms with Gasteiger partial charge in [-0.05, 0) is 31.6 Å². The van der Waals surface area contributed by atoms with Crippen LogP contribution >= 0.6 is 11.3 Å². The van der Waals surface area contributed by atoms with Crippen LogP contribution in [-0.4, -0.2) is 10.1 Å². The van der Waals surface area contributed by atoms with Gasteiger partial charge in [-0.1, -0.05) is 6.92 Å². The topological polar surface area (TPSA) is 33.1 Å². The molecule has 3 rings (SSSR count). The number of fused-ring (bicyclic) bond motifs is 1. The summed E-state index contributed by atoms with van der Waals surface area (Å²) < 4.78 is 0. The molecule has 3 unspecified atom stereocenters. The summed E-state index contributed by atoms with van der Waals surface area (Å²) in [7, 11) is 0. The van der Waals surface area contributed by atoms with E-state index in [9.17, 15) is 5.11 Å². The van der Waals surface area contributed by atoms with Gasteiger partial charge < -0.3 is 5.11 Å². The number of aromatic nitrogens is 1. The summed E-state index contributed by atoms with van der Waals surface area (Å²) in [4.78, 5) is 5.83. The molecule has 2 nitrogen and oxygen atoms in total. The monoisotopic (exact) mass is 209 g/mol. The van der Waals surface area contributed by atoms with Crippen molar-refractivity contribution in [3.8, 4) is 0 Å². The Balaban J connectivity index is 1.94. The van der Waals surface area contributed by atoms with Crippen LogP contribution in [0.2, 0.25) is 0 Å². The van der Waals surface area contributed by atoms with Crippen LogP contribution in [0.5, 0.6) is 0 Å². The molecule has 2 aliphatic rings. The van der Waals surface area contributed by atoms with E-state index in [0.29, 0.717) is 5.92 Å². The van der Waals surface area contributed by atoms with E-state index in [1.54, 1.807) is 11.3 Å². The molecule has 0 bridgehead atoms. The lowest BCUT2D eigenvalue weighted by Gasteiger charge is -2.14. The summed E-state index contributed by atoms with van der Waals surface area (Å²) >= 11 is 1.76. The highest BCUT2D eigenvalue weighted by Crippen LogP contribution is 2.50. The van der Waals surface area contributed by atoms with Gasteiger partial charge in [-0.25, -0.2) is 4.98 Å². The molecule has 1 heterocycles. The Labute approximate surface area is 88.0 Å². The molecule has 1 N–H and O–H groups in total. The second-order valence-electron chi connectivity index (χ2n) is 4.59. The highest BCUT2D eigenvalue weighted by Gasteiger charge is 2.38. The van der Waals surface area contributed by atoms with E-state index in [4.69, 9.17) is 0 Å². The number of aryl methyl sites for hydroxylation is 1. The smallest absolute Gasteiger partial charge is 0.0965 e. The average Bonchev–Trinajstić information content (AvgIpc) is 2.75. The second-order valence-corrected chi connectivity index (χ2v) is 5.65. The predicted octanol–water partition coefficient (Wildman–Crippen LogP) is 2.64. The van der Waals surface area contributed by atoms with E-state index >= 15 is 0 Å². The Hall–Kier alpha value is -0.410. The first kappa shape index (κ1) is 8.86. The Kier molecular flexibility index (Phi) is 1.92. The van der Waals surface area contributed by atoms with E-state index in [-0.39, 0.29) is 6.10 Å². The van der Waals surface area contributed by atoms with Gasteiger partial charge in [-0.3, -0.25) is 0 Å². The van der Waals surface area contributed by atoms with Crippen molar-refractivity contribution >= 4 is 11.3 Å². The fourth-order valence-electron chi connectivity index (χ4n) is 2.24. The molecule has 0 aliphatic heterocycles. The molecular formula is C11H15NOS. The third-order valence-corrected chi connectivity index (χ3v) is 4.70. The third-order valence-electron chi connectivity index (χ3n) is 3.36. The second kappa shape index (κ2) is 3.04. The van der Waals surface area contributed by atoms with Crippen molar-refractivity contribution in [2.45, 2.75) is 44.6 Å². The number of hydrogen-bond acceptors (Lipinski definition) is 3. The fourth-order valence-corrected chi connectivity index (χ4v) is 3.62. The maximum atomic E-state index is 9.81. The molecule has 3 atom stereocenters. The molecule has 76 valence electrons. The van der Waals surface area contributed by atoms with Gasteiger partial charge in [0.2, 0.25) is 0 Å². The normalized spacial score (nSPS) is 35.4. The Morgan fingerprint density at radius 2 is 2.29 bits per heavy atom. The van der Waals surface area contributed by atoms with Crippen molar-refractivity contribution in [2.24, 2.45) is 5.92 Å². The van der Waals surface area contributed by atoms with Crippen molar-refractivity contribution in [1.82, 2.24) is 4.98 Å². The van der Waals surface area contributed by atoms with Crippen molar-refractivity contribution in [3.63, 3.8) is 0 Å². The van der Waals surface area contributed by atoms with Gasteiger partial charge >= 0.3 is 0 Å². The molecule has 14 heavy (non-hydrogen) atoms. The zero-order valence-electron chi connectivity index (χ0n) is 8.36. The molecule has 3 heteroatoms. The molecule has 1 aromatic heterocycles. The first-order valence-corrected chi connectivity index (χ1v) is 6.25. The minimum Gasteiger partial charge on any atom is -0.388 e. The van der Waals surface area contributed by atoms with Crippen LogP contribution in [0.15, 0.2) is 0 Å². The van der Waals surface area contributed by atoms with Crippen LogP contribution in [0, 0.1) is 5.92 Å². The average molecular weight is 209 g/mol. The number of aliphatic hydroxyl groups excluding tert-OH is 1. The van der Waals surface area contributed by atoms with Crippen LogP contribution in [0.25, 0.3) is 0 Å². The quantitative estimate of drug-likeness (QED) is 0.771. The first-order valence-electron chi connectivity index (χ1n) is 5.43. The van der Waals surface area contributed by atoms with Crippen LogP contribution in [0.3, 0.4) is 0 Å². The summed E-state index contributed by atoms with van der Waals surface area (Å²) in [5.74, 6) is 1.53. The zero-order valence-corrected chi connectivity index (χ0v) is 9.18. The molecule has 2 aliphatic carbocycles. The molecule has 0 saturated heterocycles. The first-order chi connectivity index (χ1) is 6.75. The standard InChI is InChI=1S/C11H15NOS/c1-6-5-7(6)11-12-8-3-2-4-9(13)10(8)14-11/h6-7,9,13H,2-5H2,1H3. The highest BCUT2D eigenvalue weighted by atomic mass is 32.1. The van der Waals surface area contributed by atoms with Crippen LogP contribution in [0.4, 0.5) is 0 Å². The van der Waals surface area contributed by atoms with E-state index in [1.165, 1.54) is 17.1 Å². The Morgan fingerprint density at radius 1 is 1.50 bits per heavy atom. The van der Waals surface area contributed by atoms with E-state index < -0.39 is 0 Å². The number of hydrogen-bond donors (Lipinski definition) is 1. The molecular weight excluding hydrogens is 194 g/mol. The lowest BCUT2D eigenvalue weighted by atomic mass is 10.0. The van der Waals surface area contributed by atoms with Gasteiger partial charge in [0.1, 0.15) is 0 Å². The third kappa shape index (κ3) is 1.30. The van der Waals surface area contributed by atoms with Crippen molar-refractivity contribution < 1.29 is 5.11 Å². The molecule has 0 amide bonds. The van der Waals surface area contributed by atoms with E-state index in [1.807, 2.05) is 0 Å². The number of aliphatic hydroxyl groups is 1. The van der Waals surface area contributed by atoms with E-state index in [2.05, 4.69) is 11.9 Å². The minimum atomic E-state index is -0.223. The molecule has 0 aromatic carbocycles. The van der Waals surface area contributed by atoms with Crippen LogP contribution < -0.4 is 0 Å². The van der Waals surface area contributed by atoms with Gasteiger partial charge in [0.25, 0.3) is 0 Å². The van der Waals surface area contributed by atoms with Gasteiger partial charge in [-0.15, -0.1) is 11.3 Å². The van der Waals surface area contributed by atoms with Crippen molar-refractivity contribution in [3.05, 3.63) is 15.6 Å². The highest BCUT2D eigenvalue weighted by molar-refractivity contribution is 7.12. The van der Waals surface area contributed by atoms with Gasteiger partial charge in [0.05, 0.1) is 21.7 Å². The number of rotatable bonds is 1. The molecule has 1 saturated carbocycles. The van der Waals surface area contributed by atoms with Gasteiger partial charge in [-0.2, -0.15) is 0 Å². The fraction of sp³-hybridized carbons (Fsp3) is 0.727. The van der Waals surface area contributed by atoms with Gasteiger partial charge in [0.15, 0.2) is 0 Å². The lowest BCUT2D eigenvalue weighted by molar-refractivity contribution is 0.160. The Morgan fingerprint density at radius 3 is 2.93 bits per heavy atom. The number of thiazole rings is 1.